The highest BCUT2D eigenvalue weighted by molar-refractivity contribution is 7.85. The molecule has 0 aliphatic carbocycles. The maximum atomic E-state index is 14.7. The number of rotatable bonds is 10. The van der Waals surface area contributed by atoms with Crippen molar-refractivity contribution in [1.82, 2.24) is 0 Å². The van der Waals surface area contributed by atoms with Gasteiger partial charge in [0.05, 0.1) is 34.1 Å². The average molecular weight is 637 g/mol. The van der Waals surface area contributed by atoms with Crippen molar-refractivity contribution in [3.05, 3.63) is 191 Å². The second kappa shape index (κ2) is 14.6. The minimum absolute atomic E-state index is 0.560. The normalized spacial score (nSPS) is 10.6. The standard InChI is InChI=1S/C44H32N2OS/c1-3-31-13-17-37(18-14-31)39-21-23-43(41(27-39)25-33-5-9-35(29-45)10-6-33)48(47)44-24-22-40(38-19-15-32(4-2)16-20-38)28-42(44)26-34-7-11-36(30-46)12-8-34/h3-24,27-28H,1-2,25-26H2. The summed E-state index contributed by atoms with van der Waals surface area (Å²) in [6.45, 7) is 7.73. The van der Waals surface area contributed by atoms with Crippen molar-refractivity contribution in [3.63, 3.8) is 0 Å². The smallest absolute Gasteiger partial charge is 0.0991 e. The SMILES string of the molecule is C=Cc1ccc(-c2ccc(S(=O)c3ccc(-c4ccc(C=C)cc4)cc3Cc3ccc(C#N)cc3)c(Cc3ccc(C#N)cc3)c2)cc1. The summed E-state index contributed by atoms with van der Waals surface area (Å²) in [5, 5.41) is 18.6. The Bertz CT molecular complexity index is 2060. The van der Waals surface area contributed by atoms with Crippen LogP contribution in [0.2, 0.25) is 0 Å². The van der Waals surface area contributed by atoms with Crippen molar-refractivity contribution in [2.75, 3.05) is 0 Å². The maximum absolute atomic E-state index is 14.7. The third-order valence-electron chi connectivity index (χ3n) is 8.44. The van der Waals surface area contributed by atoms with Gasteiger partial charge in [-0.2, -0.15) is 10.5 Å². The summed E-state index contributed by atoms with van der Waals surface area (Å²) in [6.07, 6.45) is 4.76. The first kappa shape index (κ1) is 31.9. The topological polar surface area (TPSA) is 64.7 Å². The van der Waals surface area contributed by atoms with Gasteiger partial charge in [-0.15, -0.1) is 0 Å². The fourth-order valence-electron chi connectivity index (χ4n) is 5.73. The highest BCUT2D eigenvalue weighted by Crippen LogP contribution is 2.33. The predicted octanol–water partition coefficient (Wildman–Crippen LogP) is 10.4. The van der Waals surface area contributed by atoms with E-state index in [4.69, 9.17) is 0 Å². The molecule has 0 atom stereocenters. The van der Waals surface area contributed by atoms with Crippen LogP contribution in [-0.4, -0.2) is 4.21 Å². The molecule has 6 aromatic carbocycles. The van der Waals surface area contributed by atoms with E-state index in [1.54, 1.807) is 0 Å². The molecule has 0 amide bonds. The molecule has 230 valence electrons. The van der Waals surface area contributed by atoms with E-state index in [2.05, 4.69) is 61.7 Å². The van der Waals surface area contributed by atoms with Crippen LogP contribution in [0, 0.1) is 22.7 Å². The highest BCUT2D eigenvalue weighted by atomic mass is 32.2. The Hall–Kier alpha value is -6.07. The van der Waals surface area contributed by atoms with Crippen LogP contribution < -0.4 is 0 Å². The van der Waals surface area contributed by atoms with E-state index >= 15 is 0 Å². The van der Waals surface area contributed by atoms with Crippen LogP contribution >= 0.6 is 0 Å². The van der Waals surface area contributed by atoms with Crippen molar-refractivity contribution in [1.29, 1.82) is 10.5 Å². The maximum Gasteiger partial charge on any atom is 0.0991 e. The van der Waals surface area contributed by atoms with Crippen LogP contribution in [0.1, 0.15) is 44.5 Å². The van der Waals surface area contributed by atoms with Gasteiger partial charge in [0.2, 0.25) is 0 Å². The molecule has 0 unspecified atom stereocenters. The summed E-state index contributed by atoms with van der Waals surface area (Å²) < 4.78 is 14.7. The molecule has 4 heteroatoms. The lowest BCUT2D eigenvalue weighted by atomic mass is 9.98. The van der Waals surface area contributed by atoms with E-state index < -0.39 is 10.8 Å². The molecular formula is C44H32N2OS. The molecule has 0 radical (unpaired) electrons. The Morgan fingerprint density at radius 2 is 0.854 bits per heavy atom. The Labute approximate surface area is 284 Å². The van der Waals surface area contributed by atoms with Crippen LogP contribution in [0.15, 0.2) is 156 Å². The number of hydrogen-bond donors (Lipinski definition) is 0. The van der Waals surface area contributed by atoms with Gasteiger partial charge in [-0.25, -0.2) is 4.21 Å². The van der Waals surface area contributed by atoms with Gasteiger partial charge in [-0.3, -0.25) is 0 Å². The van der Waals surface area contributed by atoms with Crippen LogP contribution in [0.4, 0.5) is 0 Å². The molecule has 0 spiro atoms. The van der Waals surface area contributed by atoms with Gasteiger partial charge in [-0.1, -0.05) is 110 Å². The molecule has 0 aromatic heterocycles. The first-order valence-electron chi connectivity index (χ1n) is 15.6. The summed E-state index contributed by atoms with van der Waals surface area (Å²) >= 11 is 0. The largest absolute Gasteiger partial charge is 0.249 e. The van der Waals surface area contributed by atoms with E-state index in [-0.39, 0.29) is 0 Å². The molecule has 0 fully saturated rings. The number of benzene rings is 6. The Kier molecular flexibility index (Phi) is 9.68. The van der Waals surface area contributed by atoms with Crippen molar-refractivity contribution in [2.45, 2.75) is 22.6 Å². The van der Waals surface area contributed by atoms with E-state index in [1.165, 1.54) is 0 Å². The molecule has 3 nitrogen and oxygen atoms in total. The fourth-order valence-corrected chi connectivity index (χ4v) is 7.09. The molecule has 0 saturated heterocycles. The molecule has 6 aromatic rings. The van der Waals surface area contributed by atoms with Gasteiger partial charge in [0, 0.05) is 9.79 Å². The zero-order valence-electron chi connectivity index (χ0n) is 26.4. The van der Waals surface area contributed by atoms with Crippen LogP contribution in [-0.2, 0) is 23.6 Å². The quantitative estimate of drug-likeness (QED) is 0.150. The summed E-state index contributed by atoms with van der Waals surface area (Å²) in [4.78, 5) is 1.49. The van der Waals surface area contributed by atoms with Crippen molar-refractivity contribution in [3.8, 4) is 34.4 Å². The Morgan fingerprint density at radius 1 is 0.500 bits per heavy atom. The molecule has 0 N–H and O–H groups in total. The van der Waals surface area contributed by atoms with Gasteiger partial charge in [0.25, 0.3) is 0 Å². The highest BCUT2D eigenvalue weighted by Gasteiger charge is 2.19. The van der Waals surface area contributed by atoms with E-state index in [9.17, 15) is 14.7 Å². The Balaban J connectivity index is 1.44. The third-order valence-corrected chi connectivity index (χ3v) is 10.0. The number of hydrogen-bond acceptors (Lipinski definition) is 3. The molecular weight excluding hydrogens is 605 g/mol. The lowest BCUT2D eigenvalue weighted by Crippen LogP contribution is -2.04. The van der Waals surface area contributed by atoms with E-state index in [0.717, 1.165) is 65.4 Å². The summed E-state index contributed by atoms with van der Waals surface area (Å²) in [6, 6.07) is 48.2. The lowest BCUT2D eigenvalue weighted by molar-refractivity contribution is 0.681. The molecule has 0 heterocycles. The first-order chi connectivity index (χ1) is 23.5. The molecule has 0 aliphatic heterocycles. The third kappa shape index (κ3) is 7.16. The van der Waals surface area contributed by atoms with Crippen LogP contribution in [0.3, 0.4) is 0 Å². The van der Waals surface area contributed by atoms with Crippen LogP contribution in [0.25, 0.3) is 34.4 Å². The van der Waals surface area contributed by atoms with E-state index in [0.29, 0.717) is 24.0 Å². The summed E-state index contributed by atoms with van der Waals surface area (Å²) in [5.41, 5.74) is 11.5. The number of nitrogens with zero attached hydrogens (tertiary/aromatic N) is 2. The van der Waals surface area contributed by atoms with Crippen molar-refractivity contribution < 1.29 is 4.21 Å². The summed E-state index contributed by atoms with van der Waals surface area (Å²) in [5.74, 6) is 0. The number of nitriles is 2. The molecule has 0 aliphatic rings. The predicted molar refractivity (Wildman–Crippen MR) is 197 cm³/mol. The van der Waals surface area contributed by atoms with Crippen molar-refractivity contribution >= 4 is 23.0 Å². The minimum atomic E-state index is -1.50. The zero-order chi connectivity index (χ0) is 33.5. The average Bonchev–Trinajstić information content (AvgIpc) is 3.15. The molecule has 6 rings (SSSR count). The fraction of sp³-hybridized carbons (Fsp3) is 0.0455. The lowest BCUT2D eigenvalue weighted by Gasteiger charge is -2.16. The minimum Gasteiger partial charge on any atom is -0.249 e. The monoisotopic (exact) mass is 636 g/mol. The van der Waals surface area contributed by atoms with Crippen molar-refractivity contribution in [2.24, 2.45) is 0 Å². The van der Waals surface area contributed by atoms with Crippen LogP contribution in [0.5, 0.6) is 0 Å². The zero-order valence-corrected chi connectivity index (χ0v) is 27.2. The van der Waals surface area contributed by atoms with Gasteiger partial charge >= 0.3 is 0 Å². The van der Waals surface area contributed by atoms with Gasteiger partial charge in [-0.05, 0) is 117 Å². The first-order valence-corrected chi connectivity index (χ1v) is 16.7. The van der Waals surface area contributed by atoms with Gasteiger partial charge in [0.1, 0.15) is 0 Å². The second-order valence-electron chi connectivity index (χ2n) is 11.5. The van der Waals surface area contributed by atoms with Gasteiger partial charge in [0.15, 0.2) is 0 Å². The molecule has 48 heavy (non-hydrogen) atoms. The summed E-state index contributed by atoms with van der Waals surface area (Å²) in [7, 11) is -1.50. The van der Waals surface area contributed by atoms with E-state index in [1.807, 2.05) is 109 Å². The molecule has 0 saturated carbocycles. The Morgan fingerprint density at radius 3 is 1.19 bits per heavy atom. The molecule has 0 bridgehead atoms. The second-order valence-corrected chi connectivity index (χ2v) is 13.0. The van der Waals surface area contributed by atoms with Gasteiger partial charge < -0.3 is 0 Å².